The van der Waals surface area contributed by atoms with Crippen LogP contribution in [0.5, 0.6) is 5.75 Å². The van der Waals surface area contributed by atoms with Crippen molar-refractivity contribution in [2.75, 3.05) is 18.1 Å². The number of hydrogen-bond donors (Lipinski definition) is 0. The van der Waals surface area contributed by atoms with Crippen molar-refractivity contribution >= 4 is 11.9 Å². The van der Waals surface area contributed by atoms with Gasteiger partial charge in [-0.05, 0) is 36.4 Å². The van der Waals surface area contributed by atoms with Crippen molar-refractivity contribution in [1.29, 1.82) is 0 Å². The lowest BCUT2D eigenvalue weighted by molar-refractivity contribution is -0.153. The number of halogens is 5. The molecule has 1 aliphatic heterocycles. The Bertz CT molecular complexity index is 887. The van der Waals surface area contributed by atoms with Crippen LogP contribution in [-0.4, -0.2) is 37.2 Å². The number of nitrogens with zero attached hydrogens (tertiary/aromatic N) is 3. The van der Waals surface area contributed by atoms with Crippen LogP contribution in [0, 0.1) is 0 Å². The molecule has 144 valence electrons. The number of fused-ring (bicyclic) bond motifs is 1. The van der Waals surface area contributed by atoms with Gasteiger partial charge in [0.2, 0.25) is 6.35 Å². The summed E-state index contributed by atoms with van der Waals surface area (Å²) in [7, 11) is 0. The number of aromatic nitrogens is 1. The number of pyridine rings is 1. The van der Waals surface area contributed by atoms with Crippen LogP contribution in [0.1, 0.15) is 0 Å². The van der Waals surface area contributed by atoms with Crippen LogP contribution in [0.2, 0.25) is 0 Å². The second kappa shape index (κ2) is 7.87. The van der Waals surface area contributed by atoms with E-state index in [-0.39, 0.29) is 5.75 Å². The summed E-state index contributed by atoms with van der Waals surface area (Å²) in [5, 5.41) is 0.645. The number of anilines is 1. The lowest BCUT2D eigenvalue weighted by Gasteiger charge is -2.29. The predicted octanol–water partition coefficient (Wildman–Crippen LogP) is 2.47. The van der Waals surface area contributed by atoms with E-state index in [1.165, 1.54) is 35.4 Å². The molecule has 0 fully saturated rings. The first-order valence-corrected chi connectivity index (χ1v) is 7.80. The van der Waals surface area contributed by atoms with Crippen molar-refractivity contribution < 1.29 is 31.4 Å². The molecule has 1 aromatic heterocycles. The average Bonchev–Trinajstić information content (AvgIpc) is 2.64. The van der Waals surface area contributed by atoms with Gasteiger partial charge in [-0.2, -0.15) is 13.2 Å². The molecule has 0 radical (unpaired) electrons. The van der Waals surface area contributed by atoms with Crippen LogP contribution in [0.4, 0.5) is 27.6 Å². The molecule has 3 rings (SSSR count). The number of rotatable bonds is 6. The molecule has 2 aromatic rings. The topological polar surface area (TPSA) is 47.0 Å². The zero-order valence-electron chi connectivity index (χ0n) is 13.7. The largest absolute Gasteiger partial charge is 0.484 e. The summed E-state index contributed by atoms with van der Waals surface area (Å²) in [6.07, 6.45) is -5.06. The summed E-state index contributed by atoms with van der Waals surface area (Å²) in [4.78, 5) is 9.77. The van der Waals surface area contributed by atoms with Crippen molar-refractivity contribution in [2.45, 2.75) is 19.0 Å². The average molecular weight is 387 g/mol. The van der Waals surface area contributed by atoms with E-state index >= 15 is 0 Å². The van der Waals surface area contributed by atoms with E-state index in [1.54, 1.807) is 18.3 Å². The van der Waals surface area contributed by atoms with Gasteiger partial charge in [-0.1, -0.05) is 0 Å². The summed E-state index contributed by atoms with van der Waals surface area (Å²) in [5.41, 5.74) is 0.824. The fourth-order valence-corrected chi connectivity index (χ4v) is 2.36. The van der Waals surface area contributed by atoms with Gasteiger partial charge in [-0.3, -0.25) is 0 Å². The maximum Gasteiger partial charge on any atom is 0.422 e. The first-order chi connectivity index (χ1) is 12.8. The molecule has 0 saturated heterocycles. The van der Waals surface area contributed by atoms with Crippen molar-refractivity contribution in [3.05, 3.63) is 53.3 Å². The van der Waals surface area contributed by atoms with Crippen molar-refractivity contribution in [1.82, 2.24) is 4.98 Å². The Labute approximate surface area is 150 Å². The monoisotopic (exact) mass is 387 g/mol. The van der Waals surface area contributed by atoms with E-state index in [0.29, 0.717) is 16.4 Å². The Morgan fingerprint density at radius 3 is 2.52 bits per heavy atom. The zero-order chi connectivity index (χ0) is 19.4. The molecule has 27 heavy (non-hydrogen) atoms. The lowest BCUT2D eigenvalue weighted by Crippen LogP contribution is -2.45. The number of benzene rings is 1. The van der Waals surface area contributed by atoms with E-state index in [9.17, 15) is 22.0 Å². The van der Waals surface area contributed by atoms with Gasteiger partial charge in [0.05, 0.1) is 0 Å². The molecule has 0 spiro atoms. The maximum absolute atomic E-state index is 12.5. The summed E-state index contributed by atoms with van der Waals surface area (Å²) >= 11 is 0. The minimum Gasteiger partial charge on any atom is -0.484 e. The molecular weight excluding hydrogens is 373 g/mol. The third-order valence-corrected chi connectivity index (χ3v) is 3.47. The van der Waals surface area contributed by atoms with E-state index in [1.807, 2.05) is 0 Å². The maximum atomic E-state index is 12.5. The normalized spacial score (nSPS) is 16.5. The van der Waals surface area contributed by atoms with Crippen LogP contribution in [0.25, 0.3) is 6.20 Å². The zero-order valence-corrected chi connectivity index (χ0v) is 13.7. The number of ether oxygens (including phenoxy) is 2. The highest BCUT2D eigenvalue weighted by molar-refractivity contribution is 5.60. The van der Waals surface area contributed by atoms with Crippen LogP contribution < -0.4 is 20.3 Å². The molecule has 0 saturated carbocycles. The van der Waals surface area contributed by atoms with Gasteiger partial charge >= 0.3 is 6.18 Å². The number of alkyl halides is 5. The second-order valence-corrected chi connectivity index (χ2v) is 5.53. The van der Waals surface area contributed by atoms with Crippen LogP contribution in [-0.2, 0) is 4.74 Å². The first-order valence-electron chi connectivity index (χ1n) is 7.80. The summed E-state index contributed by atoms with van der Waals surface area (Å²) in [6, 6.07) is 9.09. The van der Waals surface area contributed by atoms with Crippen LogP contribution >= 0.6 is 0 Å². The highest BCUT2D eigenvalue weighted by atomic mass is 19.4. The smallest absolute Gasteiger partial charge is 0.422 e. The molecule has 0 amide bonds. The molecule has 0 bridgehead atoms. The fraction of sp³-hybridized carbons (Fsp3) is 0.294. The van der Waals surface area contributed by atoms with Gasteiger partial charge in [0.15, 0.2) is 12.1 Å². The molecule has 1 aliphatic rings. The highest BCUT2D eigenvalue weighted by Crippen LogP contribution is 2.25. The predicted molar refractivity (Wildman–Crippen MR) is 85.7 cm³/mol. The minimum atomic E-state index is -4.44. The Hall–Kier alpha value is -2.75. The Kier molecular flexibility index (Phi) is 5.54. The van der Waals surface area contributed by atoms with Crippen molar-refractivity contribution in [2.24, 2.45) is 4.99 Å². The molecule has 10 heteroatoms. The quantitative estimate of drug-likeness (QED) is 0.715. The van der Waals surface area contributed by atoms with E-state index in [2.05, 4.69) is 14.7 Å². The molecule has 1 aromatic carbocycles. The van der Waals surface area contributed by atoms with Crippen LogP contribution in [0.3, 0.4) is 0 Å². The Morgan fingerprint density at radius 2 is 1.85 bits per heavy atom. The fourth-order valence-electron chi connectivity index (χ4n) is 2.36. The molecular formula is C17H14F5N3O2. The van der Waals surface area contributed by atoms with E-state index in [4.69, 9.17) is 4.74 Å². The first kappa shape index (κ1) is 19.0. The summed E-state index contributed by atoms with van der Waals surface area (Å²) < 4.78 is 71.5. The molecule has 2 heterocycles. The van der Waals surface area contributed by atoms with E-state index < -0.39 is 32.2 Å². The third-order valence-electron chi connectivity index (χ3n) is 3.47. The van der Waals surface area contributed by atoms with Gasteiger partial charge in [0.1, 0.15) is 12.4 Å². The van der Waals surface area contributed by atoms with Crippen molar-refractivity contribution in [3.8, 4) is 5.75 Å². The summed E-state index contributed by atoms with van der Waals surface area (Å²) in [6.45, 7) is -2.23. The lowest BCUT2D eigenvalue weighted by atomic mass is 10.2. The Balaban J connectivity index is 1.84. The molecule has 5 nitrogen and oxygen atoms in total. The standard InChI is InChI=1S/C17H14F5N3O2/c18-14(19)9-26-16-24-15-11(2-1-7-23-15)8-25(16)12-3-5-13(6-4-12)27-10-17(20,21)22/h1-8,14,16H,9-10H2. The highest BCUT2D eigenvalue weighted by Gasteiger charge is 2.28. The second-order valence-electron chi connectivity index (χ2n) is 5.53. The van der Waals surface area contributed by atoms with Crippen molar-refractivity contribution in [3.63, 3.8) is 0 Å². The Morgan fingerprint density at radius 1 is 1.11 bits per heavy atom. The molecule has 1 atom stereocenters. The van der Waals surface area contributed by atoms with Gasteiger partial charge in [0.25, 0.3) is 6.43 Å². The molecule has 1 unspecified atom stereocenters. The SMILES string of the molecule is FC(F)COC1N=c2ncccc2=CN1c1ccc(OCC(F)(F)F)cc1. The van der Waals surface area contributed by atoms with Gasteiger partial charge in [0, 0.05) is 23.3 Å². The van der Waals surface area contributed by atoms with Gasteiger partial charge in [-0.25, -0.2) is 18.8 Å². The third kappa shape index (κ3) is 5.13. The number of hydrogen-bond acceptors (Lipinski definition) is 5. The molecule has 0 N–H and O–H groups in total. The van der Waals surface area contributed by atoms with Gasteiger partial charge < -0.3 is 14.4 Å². The molecule has 0 aliphatic carbocycles. The van der Waals surface area contributed by atoms with Crippen LogP contribution in [0.15, 0.2) is 47.6 Å². The minimum absolute atomic E-state index is 0.0251. The van der Waals surface area contributed by atoms with E-state index in [0.717, 1.165) is 0 Å². The van der Waals surface area contributed by atoms with Gasteiger partial charge in [-0.15, -0.1) is 0 Å². The summed E-state index contributed by atoms with van der Waals surface area (Å²) in [5.74, 6) is 0.0251.